The minimum atomic E-state index is -0.152. The Morgan fingerprint density at radius 2 is 2.04 bits per heavy atom. The number of carbonyl (C=O) groups is 1. The van der Waals surface area contributed by atoms with Gasteiger partial charge in [-0.15, -0.1) is 0 Å². The van der Waals surface area contributed by atoms with Crippen LogP contribution in [0.5, 0.6) is 5.75 Å². The number of hydrogen-bond acceptors (Lipinski definition) is 5. The second kappa shape index (κ2) is 8.53. The fourth-order valence-corrected chi connectivity index (χ4v) is 3.76. The number of rotatable bonds is 5. The summed E-state index contributed by atoms with van der Waals surface area (Å²) in [5, 5.41) is 10.6. The lowest BCUT2D eigenvalue weighted by molar-refractivity contribution is -0.122. The van der Waals surface area contributed by atoms with Gasteiger partial charge in [0.25, 0.3) is 5.91 Å². The molecule has 0 aliphatic carbocycles. The monoisotopic (exact) mass is 432 g/mol. The van der Waals surface area contributed by atoms with Crippen LogP contribution in [0.1, 0.15) is 5.56 Å². The van der Waals surface area contributed by atoms with Gasteiger partial charge in [0, 0.05) is 17.1 Å². The first-order chi connectivity index (χ1) is 12.6. The van der Waals surface area contributed by atoms with Crippen molar-refractivity contribution in [2.45, 2.75) is 0 Å². The largest absolute Gasteiger partial charge is 0.507 e. The molecule has 2 aromatic rings. The molecule has 3 rings (SSSR count). The summed E-state index contributed by atoms with van der Waals surface area (Å²) in [6, 6.07) is 14.6. The molecule has 1 saturated heterocycles. The van der Waals surface area contributed by atoms with E-state index in [1.807, 2.05) is 30.3 Å². The van der Waals surface area contributed by atoms with Crippen LogP contribution in [0.4, 0.5) is 5.69 Å². The number of amides is 1. The van der Waals surface area contributed by atoms with Crippen molar-refractivity contribution in [3.05, 3.63) is 63.5 Å². The first kappa shape index (κ1) is 18.7. The Balaban J connectivity index is 1.96. The lowest BCUT2D eigenvalue weighted by Crippen LogP contribution is -2.32. The van der Waals surface area contributed by atoms with Gasteiger partial charge in [-0.2, -0.15) is 0 Å². The van der Waals surface area contributed by atoms with E-state index in [9.17, 15) is 9.90 Å². The minimum Gasteiger partial charge on any atom is -0.507 e. The first-order valence-electron chi connectivity index (χ1n) is 7.91. The number of carbonyl (C=O) groups excluding carboxylic acids is 1. The third-order valence-corrected chi connectivity index (χ3v) is 5.16. The summed E-state index contributed by atoms with van der Waals surface area (Å²) in [7, 11) is 1.60. The predicted molar refractivity (Wildman–Crippen MR) is 109 cm³/mol. The standard InChI is InChI=1S/C19H17BrN2O3S/c1-25-10-9-22-18(24)17(12-13-11-14(20)7-8-16(13)23)26-19(22)21-15-5-3-2-4-6-15/h2-8,11-12,23H,9-10H2,1H3. The Morgan fingerprint density at radius 1 is 1.27 bits per heavy atom. The second-order valence-corrected chi connectivity index (χ2v) is 7.42. The average Bonchev–Trinajstić information content (AvgIpc) is 2.92. The molecule has 134 valence electrons. The molecule has 0 unspecified atom stereocenters. The molecule has 1 aliphatic heterocycles. The summed E-state index contributed by atoms with van der Waals surface area (Å²) in [5.41, 5.74) is 1.35. The molecular weight excluding hydrogens is 416 g/mol. The molecule has 0 atom stereocenters. The quantitative estimate of drug-likeness (QED) is 0.710. The minimum absolute atomic E-state index is 0.117. The lowest BCUT2D eigenvalue weighted by atomic mass is 10.2. The number of aliphatic imine (C=N–C) groups is 1. The number of amidine groups is 1. The molecule has 1 amide bonds. The number of phenolic OH excluding ortho intramolecular Hbond substituents is 1. The Bertz CT molecular complexity index is 868. The Hall–Kier alpha value is -2.09. The van der Waals surface area contributed by atoms with Gasteiger partial charge >= 0.3 is 0 Å². The Kier molecular flexibility index (Phi) is 6.13. The molecule has 1 N–H and O–H groups in total. The van der Waals surface area contributed by atoms with Crippen molar-refractivity contribution in [2.75, 3.05) is 20.3 Å². The van der Waals surface area contributed by atoms with Crippen LogP contribution in [0, 0.1) is 0 Å². The van der Waals surface area contributed by atoms with E-state index in [4.69, 9.17) is 4.74 Å². The van der Waals surface area contributed by atoms with Gasteiger partial charge in [-0.1, -0.05) is 34.1 Å². The predicted octanol–water partition coefficient (Wildman–Crippen LogP) is 4.41. The number of phenols is 1. The highest BCUT2D eigenvalue weighted by Crippen LogP contribution is 2.35. The average molecular weight is 433 g/mol. The van der Waals surface area contributed by atoms with Crippen molar-refractivity contribution >= 4 is 50.5 Å². The fourth-order valence-electron chi connectivity index (χ4n) is 2.37. The zero-order valence-corrected chi connectivity index (χ0v) is 16.5. The summed E-state index contributed by atoms with van der Waals surface area (Å²) < 4.78 is 5.94. The SMILES string of the molecule is COCCN1C(=O)C(=Cc2cc(Br)ccc2O)SC1=Nc1ccccc1. The van der Waals surface area contributed by atoms with Crippen LogP contribution >= 0.6 is 27.7 Å². The highest BCUT2D eigenvalue weighted by molar-refractivity contribution is 9.10. The fraction of sp³-hybridized carbons (Fsp3) is 0.158. The Labute approximate surface area is 164 Å². The van der Waals surface area contributed by atoms with E-state index < -0.39 is 0 Å². The molecule has 7 heteroatoms. The first-order valence-corrected chi connectivity index (χ1v) is 9.52. The zero-order chi connectivity index (χ0) is 18.5. The molecule has 1 fully saturated rings. The van der Waals surface area contributed by atoms with Crippen molar-refractivity contribution < 1.29 is 14.6 Å². The molecule has 0 saturated carbocycles. The third kappa shape index (κ3) is 4.35. The van der Waals surface area contributed by atoms with Crippen LogP contribution in [-0.4, -0.2) is 41.3 Å². The van der Waals surface area contributed by atoms with Gasteiger partial charge in [-0.25, -0.2) is 4.99 Å². The van der Waals surface area contributed by atoms with E-state index >= 15 is 0 Å². The number of hydrogen-bond donors (Lipinski definition) is 1. The number of methoxy groups -OCH3 is 1. The maximum atomic E-state index is 12.8. The van der Waals surface area contributed by atoms with Gasteiger partial charge in [-0.3, -0.25) is 9.69 Å². The van der Waals surface area contributed by atoms with Crippen molar-refractivity contribution in [3.8, 4) is 5.75 Å². The number of para-hydroxylation sites is 1. The maximum absolute atomic E-state index is 12.8. The molecule has 0 bridgehead atoms. The maximum Gasteiger partial charge on any atom is 0.266 e. The number of nitrogens with zero attached hydrogens (tertiary/aromatic N) is 2. The van der Waals surface area contributed by atoms with Crippen molar-refractivity contribution in [3.63, 3.8) is 0 Å². The van der Waals surface area contributed by atoms with E-state index in [-0.39, 0.29) is 11.7 Å². The van der Waals surface area contributed by atoms with Crippen LogP contribution in [0.2, 0.25) is 0 Å². The van der Waals surface area contributed by atoms with Gasteiger partial charge < -0.3 is 9.84 Å². The van der Waals surface area contributed by atoms with Crippen molar-refractivity contribution in [1.82, 2.24) is 4.90 Å². The molecule has 1 heterocycles. The number of thioether (sulfide) groups is 1. The van der Waals surface area contributed by atoms with Gasteiger partial charge in [0.15, 0.2) is 5.17 Å². The molecule has 5 nitrogen and oxygen atoms in total. The normalized spacial score (nSPS) is 17.5. The van der Waals surface area contributed by atoms with Gasteiger partial charge in [-0.05, 0) is 48.2 Å². The third-order valence-electron chi connectivity index (χ3n) is 3.66. The smallest absolute Gasteiger partial charge is 0.266 e. The molecule has 0 radical (unpaired) electrons. The topological polar surface area (TPSA) is 62.1 Å². The number of aromatic hydroxyl groups is 1. The van der Waals surface area contributed by atoms with E-state index in [0.29, 0.717) is 28.8 Å². The summed E-state index contributed by atoms with van der Waals surface area (Å²) in [5.74, 6) is -0.0351. The molecule has 0 spiro atoms. The van der Waals surface area contributed by atoms with Crippen LogP contribution in [0.3, 0.4) is 0 Å². The van der Waals surface area contributed by atoms with Gasteiger partial charge in [0.05, 0.1) is 23.7 Å². The van der Waals surface area contributed by atoms with E-state index in [1.54, 1.807) is 36.3 Å². The van der Waals surface area contributed by atoms with E-state index in [2.05, 4.69) is 20.9 Å². The van der Waals surface area contributed by atoms with Crippen LogP contribution in [-0.2, 0) is 9.53 Å². The van der Waals surface area contributed by atoms with Gasteiger partial charge in [0.1, 0.15) is 5.75 Å². The molecule has 0 aromatic heterocycles. The van der Waals surface area contributed by atoms with Crippen molar-refractivity contribution in [1.29, 1.82) is 0 Å². The summed E-state index contributed by atoms with van der Waals surface area (Å²) in [6.07, 6.45) is 1.68. The number of halogens is 1. The molecular formula is C19H17BrN2O3S. The highest BCUT2D eigenvalue weighted by atomic mass is 79.9. The van der Waals surface area contributed by atoms with Crippen molar-refractivity contribution in [2.24, 2.45) is 4.99 Å². The molecule has 2 aromatic carbocycles. The van der Waals surface area contributed by atoms with Crippen LogP contribution < -0.4 is 0 Å². The van der Waals surface area contributed by atoms with E-state index in [1.165, 1.54) is 11.8 Å². The van der Waals surface area contributed by atoms with Gasteiger partial charge in [0.2, 0.25) is 0 Å². The second-order valence-electron chi connectivity index (χ2n) is 5.49. The summed E-state index contributed by atoms with van der Waals surface area (Å²) >= 11 is 4.67. The van der Waals surface area contributed by atoms with E-state index in [0.717, 1.165) is 10.2 Å². The summed E-state index contributed by atoms with van der Waals surface area (Å²) in [6.45, 7) is 0.825. The number of benzene rings is 2. The number of ether oxygens (including phenoxy) is 1. The van der Waals surface area contributed by atoms with Crippen LogP contribution in [0.15, 0.2) is 62.9 Å². The van der Waals surface area contributed by atoms with Crippen LogP contribution in [0.25, 0.3) is 6.08 Å². The highest BCUT2D eigenvalue weighted by Gasteiger charge is 2.33. The Morgan fingerprint density at radius 3 is 2.77 bits per heavy atom. The molecule has 1 aliphatic rings. The lowest BCUT2D eigenvalue weighted by Gasteiger charge is -2.14. The summed E-state index contributed by atoms with van der Waals surface area (Å²) in [4.78, 5) is 19.5. The zero-order valence-electron chi connectivity index (χ0n) is 14.1. The molecule has 26 heavy (non-hydrogen) atoms.